The second-order valence-corrected chi connectivity index (χ2v) is 3.71. The van der Waals surface area contributed by atoms with Crippen LogP contribution in [0.15, 0.2) is 0 Å². The second kappa shape index (κ2) is 2.42. The molecule has 3 heteroatoms. The van der Waals surface area contributed by atoms with Crippen molar-refractivity contribution >= 4 is 23.2 Å². The van der Waals surface area contributed by atoms with E-state index in [1.165, 1.54) is 0 Å². The Labute approximate surface area is 59.3 Å². The highest BCUT2D eigenvalue weighted by atomic mass is 35.5. The summed E-state index contributed by atoms with van der Waals surface area (Å²) in [6, 6.07) is 0. The molecule has 1 radical (unpaired) electrons. The van der Waals surface area contributed by atoms with Crippen LogP contribution in [0.1, 0.15) is 12.8 Å². The monoisotopic (exact) mass is 152 g/mol. The highest BCUT2D eigenvalue weighted by Gasteiger charge is 2.26. The minimum absolute atomic E-state index is 0.543. The predicted octanol–water partition coefficient (Wildman–Crippen LogP) is 1.56. The summed E-state index contributed by atoms with van der Waals surface area (Å²) in [5, 5.41) is 4.07. The zero-order chi connectivity index (χ0) is 6.04. The Balaban J connectivity index is 2.33. The lowest BCUT2D eigenvalue weighted by molar-refractivity contribution is 0.487. The summed E-state index contributed by atoms with van der Waals surface area (Å²) in [6.45, 7) is 1.54. The molecule has 0 unspecified atom stereocenters. The molecule has 8 heavy (non-hydrogen) atoms. The SMILES string of the molecule is ClC1(Cl)CCC[N]C1. The van der Waals surface area contributed by atoms with Gasteiger partial charge in [0.2, 0.25) is 0 Å². The van der Waals surface area contributed by atoms with Crippen LogP contribution in [0.2, 0.25) is 0 Å². The molecule has 0 bridgehead atoms. The highest BCUT2D eigenvalue weighted by Crippen LogP contribution is 2.28. The van der Waals surface area contributed by atoms with Gasteiger partial charge in [-0.05, 0) is 12.8 Å². The molecular weight excluding hydrogens is 145 g/mol. The molecule has 0 aromatic heterocycles. The van der Waals surface area contributed by atoms with Crippen LogP contribution in [-0.2, 0) is 0 Å². The molecule has 1 heterocycles. The highest BCUT2D eigenvalue weighted by molar-refractivity contribution is 6.48. The molecule has 0 N–H and O–H groups in total. The molecule has 1 aliphatic heterocycles. The lowest BCUT2D eigenvalue weighted by atomic mass is 10.2. The maximum Gasteiger partial charge on any atom is 0.132 e. The van der Waals surface area contributed by atoms with Crippen molar-refractivity contribution in [3.8, 4) is 0 Å². The number of nitrogens with zero attached hydrogens (tertiary/aromatic N) is 1. The summed E-state index contributed by atoms with van der Waals surface area (Å²) in [6.07, 6.45) is 1.92. The first-order chi connectivity index (χ1) is 3.71. The number of rotatable bonds is 0. The minimum atomic E-state index is -0.543. The zero-order valence-electron chi connectivity index (χ0n) is 4.53. The van der Waals surface area contributed by atoms with Gasteiger partial charge in [-0.25, -0.2) is 5.32 Å². The number of hydrogen-bond acceptors (Lipinski definition) is 0. The largest absolute Gasteiger partial charge is 0.239 e. The van der Waals surface area contributed by atoms with Gasteiger partial charge in [0.1, 0.15) is 4.33 Å². The molecule has 47 valence electrons. The Morgan fingerprint density at radius 1 is 1.38 bits per heavy atom. The fourth-order valence-corrected chi connectivity index (χ4v) is 1.21. The molecule has 0 aromatic carbocycles. The van der Waals surface area contributed by atoms with Gasteiger partial charge in [-0.1, -0.05) is 0 Å². The standard InChI is InChI=1S/C5H8Cl2N/c6-5(7)2-1-3-8-4-5/h1-4H2. The van der Waals surface area contributed by atoms with Crippen molar-refractivity contribution in [1.29, 1.82) is 0 Å². The topological polar surface area (TPSA) is 14.1 Å². The first kappa shape index (κ1) is 6.66. The van der Waals surface area contributed by atoms with Crippen molar-refractivity contribution in [2.24, 2.45) is 0 Å². The van der Waals surface area contributed by atoms with E-state index in [0.717, 1.165) is 19.4 Å². The number of piperidine rings is 1. The van der Waals surface area contributed by atoms with Crippen molar-refractivity contribution in [2.45, 2.75) is 17.2 Å². The number of hydrogen-bond donors (Lipinski definition) is 0. The van der Waals surface area contributed by atoms with E-state index in [1.807, 2.05) is 0 Å². The van der Waals surface area contributed by atoms with Gasteiger partial charge in [0.15, 0.2) is 0 Å². The molecule has 0 atom stereocenters. The third kappa shape index (κ3) is 1.81. The average Bonchev–Trinajstić information content (AvgIpc) is 1.65. The molecule has 0 aliphatic carbocycles. The van der Waals surface area contributed by atoms with Crippen molar-refractivity contribution in [1.82, 2.24) is 5.32 Å². The Morgan fingerprint density at radius 2 is 2.12 bits per heavy atom. The van der Waals surface area contributed by atoms with E-state index < -0.39 is 4.33 Å². The number of alkyl halides is 2. The van der Waals surface area contributed by atoms with Gasteiger partial charge in [-0.15, -0.1) is 23.2 Å². The second-order valence-electron chi connectivity index (χ2n) is 2.06. The van der Waals surface area contributed by atoms with E-state index in [2.05, 4.69) is 5.32 Å². The van der Waals surface area contributed by atoms with Gasteiger partial charge in [0.05, 0.1) is 0 Å². The quantitative estimate of drug-likeness (QED) is 0.469. The normalized spacial score (nSPS) is 27.8. The van der Waals surface area contributed by atoms with E-state index in [4.69, 9.17) is 23.2 Å². The molecule has 1 saturated heterocycles. The molecule has 1 rings (SSSR count). The molecule has 0 amide bonds. The van der Waals surface area contributed by atoms with E-state index in [-0.39, 0.29) is 0 Å². The van der Waals surface area contributed by atoms with Crippen LogP contribution in [0.5, 0.6) is 0 Å². The molecule has 1 fully saturated rings. The fourth-order valence-electron chi connectivity index (χ4n) is 0.771. The van der Waals surface area contributed by atoms with Gasteiger partial charge >= 0.3 is 0 Å². The first-order valence-electron chi connectivity index (χ1n) is 2.72. The van der Waals surface area contributed by atoms with Gasteiger partial charge in [0, 0.05) is 13.1 Å². The average molecular weight is 153 g/mol. The van der Waals surface area contributed by atoms with Gasteiger partial charge in [-0.3, -0.25) is 0 Å². The molecule has 1 nitrogen and oxygen atoms in total. The smallest absolute Gasteiger partial charge is 0.132 e. The predicted molar refractivity (Wildman–Crippen MR) is 35.5 cm³/mol. The van der Waals surface area contributed by atoms with Crippen LogP contribution < -0.4 is 5.32 Å². The van der Waals surface area contributed by atoms with E-state index >= 15 is 0 Å². The van der Waals surface area contributed by atoms with Crippen molar-refractivity contribution in [3.63, 3.8) is 0 Å². The minimum Gasteiger partial charge on any atom is -0.239 e. The molecule has 0 saturated carbocycles. The number of halogens is 2. The van der Waals surface area contributed by atoms with Crippen LogP contribution >= 0.6 is 23.2 Å². The van der Waals surface area contributed by atoms with Crippen LogP contribution in [0.4, 0.5) is 0 Å². The third-order valence-corrected chi connectivity index (χ3v) is 1.82. The third-order valence-electron chi connectivity index (χ3n) is 1.20. The van der Waals surface area contributed by atoms with Crippen LogP contribution in [0, 0.1) is 0 Å². The summed E-state index contributed by atoms with van der Waals surface area (Å²) in [5.74, 6) is 0. The Bertz CT molecular complexity index is 74.5. The molecular formula is C5H8Cl2N. The summed E-state index contributed by atoms with van der Waals surface area (Å²) >= 11 is 11.5. The van der Waals surface area contributed by atoms with E-state index in [1.54, 1.807) is 0 Å². The summed E-state index contributed by atoms with van der Waals surface area (Å²) < 4.78 is -0.543. The Kier molecular flexibility index (Phi) is 2.02. The van der Waals surface area contributed by atoms with Crippen molar-refractivity contribution in [2.75, 3.05) is 13.1 Å². The summed E-state index contributed by atoms with van der Waals surface area (Å²) in [7, 11) is 0. The zero-order valence-corrected chi connectivity index (χ0v) is 6.04. The maximum absolute atomic E-state index is 5.74. The van der Waals surface area contributed by atoms with E-state index in [9.17, 15) is 0 Å². The fraction of sp³-hybridized carbons (Fsp3) is 1.00. The summed E-state index contributed by atoms with van der Waals surface area (Å²) in [5.41, 5.74) is 0. The van der Waals surface area contributed by atoms with Gasteiger partial charge in [0.25, 0.3) is 0 Å². The maximum atomic E-state index is 5.74. The van der Waals surface area contributed by atoms with Crippen LogP contribution in [0.3, 0.4) is 0 Å². The first-order valence-corrected chi connectivity index (χ1v) is 3.47. The summed E-state index contributed by atoms with van der Waals surface area (Å²) in [4.78, 5) is 0. The lowest BCUT2D eigenvalue weighted by Crippen LogP contribution is -2.32. The van der Waals surface area contributed by atoms with Crippen LogP contribution in [0.25, 0.3) is 0 Å². The van der Waals surface area contributed by atoms with Crippen molar-refractivity contribution < 1.29 is 0 Å². The Morgan fingerprint density at radius 3 is 2.38 bits per heavy atom. The lowest BCUT2D eigenvalue weighted by Gasteiger charge is -2.23. The Hall–Kier alpha value is 0.540. The van der Waals surface area contributed by atoms with Crippen LogP contribution in [-0.4, -0.2) is 17.4 Å². The molecule has 1 aliphatic rings. The van der Waals surface area contributed by atoms with Gasteiger partial charge in [-0.2, -0.15) is 0 Å². The van der Waals surface area contributed by atoms with Crippen molar-refractivity contribution in [3.05, 3.63) is 0 Å². The van der Waals surface area contributed by atoms with Gasteiger partial charge < -0.3 is 0 Å². The van der Waals surface area contributed by atoms with E-state index in [0.29, 0.717) is 6.54 Å². The molecule has 0 spiro atoms. The molecule has 0 aromatic rings.